The molecule has 0 radical (unpaired) electrons. The third kappa shape index (κ3) is 8.70. The normalized spacial score (nSPS) is 15.2. The van der Waals surface area contributed by atoms with Gasteiger partial charge in [0.1, 0.15) is 0 Å². The van der Waals surface area contributed by atoms with Gasteiger partial charge in [-0.1, -0.05) is 63.5 Å². The third-order valence-corrected chi connectivity index (χ3v) is 2.64. The molecule has 0 aliphatic heterocycles. The Kier molecular flexibility index (Phi) is 10.7. The first kappa shape index (κ1) is 15.9. The van der Waals surface area contributed by atoms with E-state index in [1.807, 2.05) is 12.2 Å². The first-order valence-corrected chi connectivity index (χ1v) is 6.48. The molecule has 2 unspecified atom stereocenters. The van der Waals surface area contributed by atoms with Gasteiger partial charge >= 0.3 is 0 Å². The molecule has 0 aromatic carbocycles. The quantitative estimate of drug-likeness (QED) is 0.492. The van der Waals surface area contributed by atoms with E-state index in [4.69, 9.17) is 4.74 Å². The minimum atomic E-state index is 0.313. The summed E-state index contributed by atoms with van der Waals surface area (Å²) >= 11 is 0. The Morgan fingerprint density at radius 2 is 1.29 bits per heavy atom. The number of hydrogen-bond donors (Lipinski definition) is 0. The van der Waals surface area contributed by atoms with Gasteiger partial charge in [0.05, 0.1) is 12.2 Å². The van der Waals surface area contributed by atoms with Crippen LogP contribution in [0.25, 0.3) is 0 Å². The lowest BCUT2D eigenvalue weighted by Crippen LogP contribution is -2.20. The Balaban J connectivity index is 4.10. The average molecular weight is 234 g/mol. The van der Waals surface area contributed by atoms with Crippen LogP contribution in [0, 0.1) is 0 Å². The van der Waals surface area contributed by atoms with Crippen molar-refractivity contribution in [3.8, 4) is 0 Å². The zero-order chi connectivity index (χ0) is 12.9. The van der Waals surface area contributed by atoms with Crippen molar-refractivity contribution in [1.82, 2.24) is 0 Å². The molecule has 0 heterocycles. The standard InChI is InChI=1S/C16H26O/c1-5-9-11-13-15(7-3)17-16(8-4)14-12-10-6-2/h5-6,9-12,15-16H,1-2,7-8,13-14H2,3-4H3. The van der Waals surface area contributed by atoms with Crippen LogP contribution in [-0.4, -0.2) is 12.2 Å². The van der Waals surface area contributed by atoms with Crippen LogP contribution in [0.3, 0.4) is 0 Å². The molecule has 0 spiro atoms. The summed E-state index contributed by atoms with van der Waals surface area (Å²) in [6.07, 6.45) is 16.4. The summed E-state index contributed by atoms with van der Waals surface area (Å²) in [5.74, 6) is 0. The summed E-state index contributed by atoms with van der Waals surface area (Å²) in [5.41, 5.74) is 0. The predicted octanol–water partition coefficient (Wildman–Crippen LogP) is 4.82. The van der Waals surface area contributed by atoms with E-state index in [1.54, 1.807) is 12.2 Å². The molecular weight excluding hydrogens is 208 g/mol. The van der Waals surface area contributed by atoms with Crippen molar-refractivity contribution in [3.63, 3.8) is 0 Å². The highest BCUT2D eigenvalue weighted by molar-refractivity contribution is 4.99. The fraction of sp³-hybridized carbons (Fsp3) is 0.500. The van der Waals surface area contributed by atoms with Crippen LogP contribution < -0.4 is 0 Å². The fourth-order valence-electron chi connectivity index (χ4n) is 1.56. The summed E-state index contributed by atoms with van der Waals surface area (Å²) < 4.78 is 6.07. The van der Waals surface area contributed by atoms with Crippen molar-refractivity contribution < 1.29 is 4.74 Å². The Morgan fingerprint density at radius 1 is 0.882 bits per heavy atom. The van der Waals surface area contributed by atoms with Crippen molar-refractivity contribution in [2.45, 2.75) is 51.7 Å². The highest BCUT2D eigenvalue weighted by atomic mass is 16.5. The van der Waals surface area contributed by atoms with E-state index in [9.17, 15) is 0 Å². The van der Waals surface area contributed by atoms with Crippen molar-refractivity contribution in [2.75, 3.05) is 0 Å². The summed E-state index contributed by atoms with van der Waals surface area (Å²) in [6.45, 7) is 11.7. The van der Waals surface area contributed by atoms with Crippen LogP contribution in [0.4, 0.5) is 0 Å². The number of ether oxygens (including phenoxy) is 1. The lowest BCUT2D eigenvalue weighted by atomic mass is 10.1. The molecule has 96 valence electrons. The zero-order valence-electron chi connectivity index (χ0n) is 11.3. The van der Waals surface area contributed by atoms with E-state index in [1.165, 1.54) is 0 Å². The monoisotopic (exact) mass is 234 g/mol. The second-order valence-electron chi connectivity index (χ2n) is 4.00. The van der Waals surface area contributed by atoms with Gasteiger partial charge < -0.3 is 4.74 Å². The van der Waals surface area contributed by atoms with E-state index < -0.39 is 0 Å². The SMILES string of the molecule is C=CC=CCC(CC)OC(CC)CC=CC=C. The Labute approximate surface area is 107 Å². The summed E-state index contributed by atoms with van der Waals surface area (Å²) in [5, 5.41) is 0. The summed E-state index contributed by atoms with van der Waals surface area (Å²) in [4.78, 5) is 0. The first-order chi connectivity index (χ1) is 8.28. The molecule has 0 aromatic rings. The molecule has 0 amide bonds. The molecule has 2 atom stereocenters. The van der Waals surface area contributed by atoms with Crippen LogP contribution >= 0.6 is 0 Å². The van der Waals surface area contributed by atoms with Gasteiger partial charge in [0, 0.05) is 0 Å². The smallest absolute Gasteiger partial charge is 0.0610 e. The van der Waals surface area contributed by atoms with Gasteiger partial charge in [-0.15, -0.1) is 0 Å². The van der Waals surface area contributed by atoms with Gasteiger partial charge in [0.15, 0.2) is 0 Å². The number of hydrogen-bond acceptors (Lipinski definition) is 1. The number of rotatable bonds is 10. The predicted molar refractivity (Wildman–Crippen MR) is 77.2 cm³/mol. The highest BCUT2D eigenvalue weighted by Gasteiger charge is 2.11. The summed E-state index contributed by atoms with van der Waals surface area (Å²) in [6, 6.07) is 0. The minimum absolute atomic E-state index is 0.313. The van der Waals surface area contributed by atoms with E-state index in [0.29, 0.717) is 12.2 Å². The Hall–Kier alpha value is -1.08. The Morgan fingerprint density at radius 3 is 1.59 bits per heavy atom. The molecule has 0 saturated heterocycles. The van der Waals surface area contributed by atoms with E-state index in [0.717, 1.165) is 25.7 Å². The fourth-order valence-corrected chi connectivity index (χ4v) is 1.56. The van der Waals surface area contributed by atoms with Gasteiger partial charge in [0.25, 0.3) is 0 Å². The molecule has 1 nitrogen and oxygen atoms in total. The topological polar surface area (TPSA) is 9.23 Å². The van der Waals surface area contributed by atoms with Crippen LogP contribution in [0.5, 0.6) is 0 Å². The van der Waals surface area contributed by atoms with Crippen LogP contribution in [-0.2, 0) is 4.74 Å². The maximum atomic E-state index is 6.07. The van der Waals surface area contributed by atoms with Gasteiger partial charge in [0.2, 0.25) is 0 Å². The number of allylic oxidation sites excluding steroid dienone is 4. The molecule has 1 heteroatoms. The zero-order valence-corrected chi connectivity index (χ0v) is 11.3. The lowest BCUT2D eigenvalue weighted by Gasteiger charge is -2.21. The van der Waals surface area contributed by atoms with Crippen molar-refractivity contribution in [2.24, 2.45) is 0 Å². The molecule has 0 bridgehead atoms. The van der Waals surface area contributed by atoms with E-state index in [-0.39, 0.29) is 0 Å². The second kappa shape index (κ2) is 11.4. The third-order valence-electron chi connectivity index (χ3n) is 2.64. The molecular formula is C16H26O. The molecule has 17 heavy (non-hydrogen) atoms. The van der Waals surface area contributed by atoms with Gasteiger partial charge in [-0.2, -0.15) is 0 Å². The molecule has 0 aromatic heterocycles. The molecule has 0 fully saturated rings. The van der Waals surface area contributed by atoms with Gasteiger partial charge in [-0.25, -0.2) is 0 Å². The maximum Gasteiger partial charge on any atom is 0.0610 e. The molecule has 0 saturated carbocycles. The second-order valence-corrected chi connectivity index (χ2v) is 4.00. The van der Waals surface area contributed by atoms with Gasteiger partial charge in [-0.05, 0) is 25.7 Å². The molecule has 0 rings (SSSR count). The van der Waals surface area contributed by atoms with E-state index >= 15 is 0 Å². The lowest BCUT2D eigenvalue weighted by molar-refractivity contribution is -0.0120. The van der Waals surface area contributed by atoms with Gasteiger partial charge in [-0.3, -0.25) is 0 Å². The average Bonchev–Trinajstić information content (AvgIpc) is 2.36. The molecule has 0 aliphatic carbocycles. The largest absolute Gasteiger partial charge is 0.374 e. The van der Waals surface area contributed by atoms with Crippen LogP contribution in [0.2, 0.25) is 0 Å². The highest BCUT2D eigenvalue weighted by Crippen LogP contribution is 2.13. The minimum Gasteiger partial charge on any atom is -0.374 e. The van der Waals surface area contributed by atoms with Crippen molar-refractivity contribution in [3.05, 3.63) is 49.6 Å². The van der Waals surface area contributed by atoms with Crippen LogP contribution in [0.15, 0.2) is 49.6 Å². The van der Waals surface area contributed by atoms with Crippen molar-refractivity contribution in [1.29, 1.82) is 0 Å². The van der Waals surface area contributed by atoms with Crippen LogP contribution in [0.1, 0.15) is 39.5 Å². The summed E-state index contributed by atoms with van der Waals surface area (Å²) in [7, 11) is 0. The first-order valence-electron chi connectivity index (χ1n) is 6.48. The molecule has 0 N–H and O–H groups in total. The molecule has 0 aliphatic rings. The van der Waals surface area contributed by atoms with Crippen molar-refractivity contribution >= 4 is 0 Å². The van der Waals surface area contributed by atoms with E-state index in [2.05, 4.69) is 39.2 Å². The maximum absolute atomic E-state index is 6.07. The Bertz CT molecular complexity index is 224.